The molecule has 6 heteroatoms. The van der Waals surface area contributed by atoms with Crippen LogP contribution in [0.4, 0.5) is 5.95 Å². The molecule has 0 aliphatic rings. The second-order valence-corrected chi connectivity index (χ2v) is 6.88. The largest absolute Gasteiger partial charge is 0.396 e. The van der Waals surface area contributed by atoms with Crippen LogP contribution in [0.1, 0.15) is 16.8 Å². The molecule has 5 nitrogen and oxygen atoms in total. The average Bonchev–Trinajstić information content (AvgIpc) is 3.12. The number of halogens is 1. The number of Topliss-reactive ketones (excluding diaryl/α,β-unsaturated/α-hetero) is 1. The number of imidazole rings is 1. The number of hydrogen-bond acceptors (Lipinski definition) is 4. The Morgan fingerprint density at radius 1 is 0.900 bits per heavy atom. The van der Waals surface area contributed by atoms with Crippen molar-refractivity contribution in [2.75, 3.05) is 18.5 Å². The van der Waals surface area contributed by atoms with Gasteiger partial charge in [-0.05, 0) is 29.7 Å². The molecule has 0 saturated heterocycles. The molecule has 0 radical (unpaired) electrons. The van der Waals surface area contributed by atoms with Gasteiger partial charge in [0.05, 0.1) is 17.6 Å². The van der Waals surface area contributed by atoms with Crippen LogP contribution in [0, 0.1) is 0 Å². The first-order valence-electron chi connectivity index (χ1n) is 9.75. The number of carbonyl (C=O) groups is 1. The summed E-state index contributed by atoms with van der Waals surface area (Å²) < 4.78 is 1.90. The van der Waals surface area contributed by atoms with E-state index in [4.69, 9.17) is 5.11 Å². The summed E-state index contributed by atoms with van der Waals surface area (Å²) in [7, 11) is 0. The topological polar surface area (TPSA) is 67.2 Å². The number of anilines is 1. The van der Waals surface area contributed by atoms with Crippen molar-refractivity contribution in [3.8, 4) is 11.1 Å². The maximum atomic E-state index is 13.0. The van der Waals surface area contributed by atoms with Crippen molar-refractivity contribution >= 4 is 39.7 Å². The van der Waals surface area contributed by atoms with E-state index in [1.54, 1.807) is 0 Å². The lowest BCUT2D eigenvalue weighted by molar-refractivity contribution is 0.0974. The van der Waals surface area contributed by atoms with E-state index in [0.717, 1.165) is 22.2 Å². The predicted molar refractivity (Wildman–Crippen MR) is 126 cm³/mol. The van der Waals surface area contributed by atoms with Crippen LogP contribution in [0.15, 0.2) is 78.9 Å². The first-order chi connectivity index (χ1) is 14.3. The molecule has 0 amide bonds. The summed E-state index contributed by atoms with van der Waals surface area (Å²) in [5.74, 6) is 0.673. The molecule has 0 unspecified atom stereocenters. The first kappa shape index (κ1) is 21.7. The number of ketones is 1. The molecule has 0 bridgehead atoms. The Balaban J connectivity index is 0.00000256. The standard InChI is InChI=1S/C24H23N3O2.BrH/c28-16-6-15-25-24-26-21-9-4-5-10-22(21)27(24)17-23(29)20-13-11-19(12-14-20)18-7-2-1-3-8-18;/h1-5,7-14,28H,6,15-17H2,(H,25,26);1H. The van der Waals surface area contributed by atoms with Crippen molar-refractivity contribution in [2.45, 2.75) is 13.0 Å². The average molecular weight is 466 g/mol. The molecule has 1 aromatic heterocycles. The molecule has 0 spiro atoms. The third-order valence-corrected chi connectivity index (χ3v) is 4.89. The van der Waals surface area contributed by atoms with Gasteiger partial charge in [-0.3, -0.25) is 4.79 Å². The van der Waals surface area contributed by atoms with Gasteiger partial charge in [0.15, 0.2) is 5.78 Å². The second-order valence-electron chi connectivity index (χ2n) is 6.88. The minimum atomic E-state index is 0. The quantitative estimate of drug-likeness (QED) is 0.285. The van der Waals surface area contributed by atoms with Gasteiger partial charge in [0.25, 0.3) is 0 Å². The van der Waals surface area contributed by atoms with Gasteiger partial charge in [-0.15, -0.1) is 17.0 Å². The minimum Gasteiger partial charge on any atom is -0.396 e. The third kappa shape index (κ3) is 4.78. The molecule has 4 rings (SSSR count). The summed E-state index contributed by atoms with van der Waals surface area (Å²) in [5.41, 5.74) is 4.63. The highest BCUT2D eigenvalue weighted by Crippen LogP contribution is 2.22. The van der Waals surface area contributed by atoms with Crippen LogP contribution in [-0.4, -0.2) is 33.6 Å². The highest BCUT2D eigenvalue weighted by molar-refractivity contribution is 8.93. The number of aliphatic hydroxyl groups excluding tert-OH is 1. The highest BCUT2D eigenvalue weighted by Gasteiger charge is 2.14. The minimum absolute atomic E-state index is 0. The Kier molecular flexibility index (Phi) is 7.38. The normalized spacial score (nSPS) is 10.6. The van der Waals surface area contributed by atoms with Gasteiger partial charge < -0.3 is 15.0 Å². The van der Waals surface area contributed by atoms with Crippen LogP contribution >= 0.6 is 17.0 Å². The lowest BCUT2D eigenvalue weighted by Gasteiger charge is -2.10. The molecule has 0 atom stereocenters. The van der Waals surface area contributed by atoms with Crippen molar-refractivity contribution in [1.29, 1.82) is 0 Å². The van der Waals surface area contributed by atoms with E-state index < -0.39 is 0 Å². The zero-order chi connectivity index (χ0) is 20.1. The Morgan fingerprint density at radius 2 is 1.57 bits per heavy atom. The van der Waals surface area contributed by atoms with Crippen molar-refractivity contribution in [2.24, 2.45) is 0 Å². The molecule has 1 heterocycles. The number of benzene rings is 3. The van der Waals surface area contributed by atoms with Crippen LogP contribution in [0.5, 0.6) is 0 Å². The predicted octanol–water partition coefficient (Wildman–Crippen LogP) is 4.96. The maximum Gasteiger partial charge on any atom is 0.204 e. The summed E-state index contributed by atoms with van der Waals surface area (Å²) in [5, 5.41) is 12.3. The van der Waals surface area contributed by atoms with E-state index >= 15 is 0 Å². The summed E-state index contributed by atoms with van der Waals surface area (Å²) in [6.07, 6.45) is 0.623. The van der Waals surface area contributed by atoms with Gasteiger partial charge in [-0.2, -0.15) is 0 Å². The fourth-order valence-corrected chi connectivity index (χ4v) is 3.36. The monoisotopic (exact) mass is 465 g/mol. The zero-order valence-corrected chi connectivity index (χ0v) is 18.2. The molecule has 154 valence electrons. The number of nitrogens with one attached hydrogen (secondary N) is 1. The molecule has 30 heavy (non-hydrogen) atoms. The van der Waals surface area contributed by atoms with Crippen LogP contribution in [0.3, 0.4) is 0 Å². The van der Waals surface area contributed by atoms with Crippen LogP contribution in [0.25, 0.3) is 22.2 Å². The number of carbonyl (C=O) groups excluding carboxylic acids is 1. The fraction of sp³-hybridized carbons (Fsp3) is 0.167. The second kappa shape index (κ2) is 10.2. The molecular weight excluding hydrogens is 442 g/mol. The number of rotatable bonds is 8. The van der Waals surface area contributed by atoms with E-state index in [2.05, 4.69) is 22.4 Å². The van der Waals surface area contributed by atoms with Gasteiger partial charge in [0.2, 0.25) is 5.95 Å². The summed E-state index contributed by atoms with van der Waals surface area (Å²) in [4.78, 5) is 17.6. The van der Waals surface area contributed by atoms with E-state index in [-0.39, 0.29) is 35.9 Å². The smallest absolute Gasteiger partial charge is 0.204 e. The van der Waals surface area contributed by atoms with Gasteiger partial charge in [0.1, 0.15) is 0 Å². The highest BCUT2D eigenvalue weighted by atomic mass is 79.9. The van der Waals surface area contributed by atoms with Gasteiger partial charge >= 0.3 is 0 Å². The zero-order valence-electron chi connectivity index (χ0n) is 16.5. The Labute approximate surface area is 186 Å². The molecule has 0 fully saturated rings. The number of nitrogens with zero attached hydrogens (tertiary/aromatic N) is 2. The molecule has 0 aliphatic carbocycles. The van der Waals surface area contributed by atoms with Crippen LogP contribution in [0.2, 0.25) is 0 Å². The molecule has 0 saturated carbocycles. The number of aromatic nitrogens is 2. The van der Waals surface area contributed by atoms with Crippen LogP contribution < -0.4 is 5.32 Å². The Morgan fingerprint density at radius 3 is 2.30 bits per heavy atom. The van der Waals surface area contributed by atoms with Crippen molar-refractivity contribution in [3.63, 3.8) is 0 Å². The van der Waals surface area contributed by atoms with E-state index in [0.29, 0.717) is 24.5 Å². The SMILES string of the molecule is Br.O=C(Cn1c(NCCCO)nc2ccccc21)c1ccc(-c2ccccc2)cc1. The lowest BCUT2D eigenvalue weighted by atomic mass is 10.0. The molecule has 3 aromatic carbocycles. The number of para-hydroxylation sites is 2. The summed E-state index contributed by atoms with van der Waals surface area (Å²) in [6, 6.07) is 25.6. The van der Waals surface area contributed by atoms with E-state index in [1.807, 2.05) is 71.3 Å². The molecule has 0 aliphatic heterocycles. The van der Waals surface area contributed by atoms with Gasteiger partial charge in [-0.25, -0.2) is 4.98 Å². The van der Waals surface area contributed by atoms with E-state index in [1.165, 1.54) is 0 Å². The number of aliphatic hydroxyl groups is 1. The Bertz CT molecular complexity index is 1110. The Hall–Kier alpha value is -2.96. The molecule has 4 aromatic rings. The van der Waals surface area contributed by atoms with E-state index in [9.17, 15) is 4.79 Å². The summed E-state index contributed by atoms with van der Waals surface area (Å²) in [6.45, 7) is 0.909. The van der Waals surface area contributed by atoms with Gasteiger partial charge in [-0.1, -0.05) is 66.7 Å². The van der Waals surface area contributed by atoms with Gasteiger partial charge in [0, 0.05) is 18.7 Å². The first-order valence-corrected chi connectivity index (χ1v) is 9.75. The van der Waals surface area contributed by atoms with Crippen molar-refractivity contribution in [1.82, 2.24) is 9.55 Å². The maximum absolute atomic E-state index is 13.0. The molecular formula is C24H24BrN3O2. The number of hydrogen-bond donors (Lipinski definition) is 2. The molecule has 2 N–H and O–H groups in total. The fourth-order valence-electron chi connectivity index (χ4n) is 3.36. The lowest BCUT2D eigenvalue weighted by Crippen LogP contribution is -2.15. The summed E-state index contributed by atoms with van der Waals surface area (Å²) >= 11 is 0. The van der Waals surface area contributed by atoms with Crippen molar-refractivity contribution < 1.29 is 9.90 Å². The van der Waals surface area contributed by atoms with Crippen molar-refractivity contribution in [3.05, 3.63) is 84.4 Å². The van der Waals surface area contributed by atoms with Crippen LogP contribution in [-0.2, 0) is 6.54 Å². The number of fused-ring (bicyclic) bond motifs is 1. The third-order valence-electron chi connectivity index (χ3n) is 4.89.